The van der Waals surface area contributed by atoms with Crippen molar-refractivity contribution in [3.63, 3.8) is 0 Å². The Balaban J connectivity index is 2.05. The normalized spacial score (nSPS) is 14.5. The minimum absolute atomic E-state index is 0.0757. The molecule has 0 atom stereocenters. The third kappa shape index (κ3) is 3.30. The number of thioether (sulfide) groups is 1. The molecule has 3 rings (SSSR count). The molecule has 0 saturated carbocycles. The summed E-state index contributed by atoms with van der Waals surface area (Å²) in [4.78, 5) is 29.8. The maximum Gasteiger partial charge on any atom is 0.300 e. The molecule has 0 bridgehead atoms. The molecule has 0 aliphatic carbocycles. The van der Waals surface area contributed by atoms with Crippen LogP contribution in [0.2, 0.25) is 5.02 Å². The van der Waals surface area contributed by atoms with Crippen molar-refractivity contribution in [3.8, 4) is 0 Å². The van der Waals surface area contributed by atoms with Gasteiger partial charge in [-0.2, -0.15) is 0 Å². The molecule has 5 nitrogen and oxygen atoms in total. The zero-order valence-corrected chi connectivity index (χ0v) is 13.2. The summed E-state index contributed by atoms with van der Waals surface area (Å²) in [5.74, 6) is -1.04. The Kier molecular flexibility index (Phi) is 4.49. The number of amides is 1. The van der Waals surface area contributed by atoms with E-state index in [0.717, 1.165) is 17.8 Å². The Morgan fingerprint density at radius 3 is 2.87 bits per heavy atom. The summed E-state index contributed by atoms with van der Waals surface area (Å²) in [5.41, 5.74) is 0.304. The van der Waals surface area contributed by atoms with Crippen molar-refractivity contribution in [3.05, 3.63) is 53.2 Å². The Bertz CT molecular complexity index is 792. The fourth-order valence-corrected chi connectivity index (χ4v) is 3.00. The van der Waals surface area contributed by atoms with E-state index in [2.05, 4.69) is 4.99 Å². The summed E-state index contributed by atoms with van der Waals surface area (Å²) < 4.78 is 18.5. The first-order valence-electron chi connectivity index (χ1n) is 6.64. The van der Waals surface area contributed by atoms with Crippen molar-refractivity contribution >= 4 is 45.2 Å². The molecule has 118 valence electrons. The van der Waals surface area contributed by atoms with Gasteiger partial charge in [-0.05, 0) is 42.1 Å². The zero-order chi connectivity index (χ0) is 16.4. The van der Waals surface area contributed by atoms with Gasteiger partial charge in [-0.3, -0.25) is 19.5 Å². The first-order chi connectivity index (χ1) is 11.1. The van der Waals surface area contributed by atoms with E-state index in [1.807, 2.05) is 0 Å². The number of nitrogens with zero attached hydrogens (tertiary/aromatic N) is 2. The van der Waals surface area contributed by atoms with Crippen LogP contribution in [0.15, 0.2) is 46.0 Å². The number of anilines is 1. The monoisotopic (exact) mass is 352 g/mol. The molecule has 1 aromatic heterocycles. The fraction of sp³-hybridized carbons (Fsp3) is 0.133. The van der Waals surface area contributed by atoms with Gasteiger partial charge in [0.1, 0.15) is 5.82 Å². The molecule has 2 heterocycles. The number of hydrogen-bond acceptors (Lipinski definition) is 5. The molecule has 1 aromatic carbocycles. The number of amidine groups is 1. The molecule has 2 aromatic rings. The number of aliphatic imine (C=N–C) groups is 1. The largest absolute Gasteiger partial charge is 0.459 e. The highest BCUT2D eigenvalue weighted by Gasteiger charge is 2.29. The van der Waals surface area contributed by atoms with Crippen molar-refractivity contribution in [2.45, 2.75) is 6.42 Å². The van der Waals surface area contributed by atoms with Crippen LogP contribution in [0.4, 0.5) is 10.1 Å². The molecule has 23 heavy (non-hydrogen) atoms. The molecule has 0 saturated heterocycles. The molecule has 0 spiro atoms. The lowest BCUT2D eigenvalue weighted by atomic mass is 10.2. The second-order valence-electron chi connectivity index (χ2n) is 4.60. The summed E-state index contributed by atoms with van der Waals surface area (Å²) in [6, 6.07) is 6.92. The topological polar surface area (TPSA) is 62.9 Å². The summed E-state index contributed by atoms with van der Waals surface area (Å²) in [7, 11) is 0. The van der Waals surface area contributed by atoms with Gasteiger partial charge in [0.25, 0.3) is 5.91 Å². The Morgan fingerprint density at radius 1 is 1.39 bits per heavy atom. The Hall–Kier alpha value is -2.12. The van der Waals surface area contributed by atoms with Gasteiger partial charge in [0.05, 0.1) is 17.0 Å². The van der Waals surface area contributed by atoms with E-state index in [9.17, 15) is 14.0 Å². The maximum absolute atomic E-state index is 13.4. The lowest BCUT2D eigenvalue weighted by molar-refractivity contribution is -0.110. The molecule has 0 N–H and O–H groups in total. The van der Waals surface area contributed by atoms with Gasteiger partial charge in [0.15, 0.2) is 16.0 Å². The van der Waals surface area contributed by atoms with Crippen molar-refractivity contribution in [1.29, 1.82) is 0 Å². The van der Waals surface area contributed by atoms with Gasteiger partial charge in [0.2, 0.25) is 0 Å². The lowest BCUT2D eigenvalue weighted by Crippen LogP contribution is -2.37. The van der Waals surface area contributed by atoms with Crippen LogP contribution in [0.25, 0.3) is 0 Å². The highest BCUT2D eigenvalue weighted by molar-refractivity contribution is 8.26. The minimum Gasteiger partial charge on any atom is -0.459 e. The summed E-state index contributed by atoms with van der Waals surface area (Å²) in [6.45, 7) is 0.290. The van der Waals surface area contributed by atoms with Crippen LogP contribution in [0.5, 0.6) is 0 Å². The quantitative estimate of drug-likeness (QED) is 0.826. The maximum atomic E-state index is 13.4. The van der Waals surface area contributed by atoms with Crippen LogP contribution >= 0.6 is 23.4 Å². The second-order valence-corrected chi connectivity index (χ2v) is 6.04. The first-order valence-corrected chi connectivity index (χ1v) is 7.84. The van der Waals surface area contributed by atoms with Crippen LogP contribution < -0.4 is 4.90 Å². The number of rotatable bonds is 2. The van der Waals surface area contributed by atoms with Crippen LogP contribution in [-0.2, 0) is 4.79 Å². The summed E-state index contributed by atoms with van der Waals surface area (Å²) in [6.07, 6.45) is 1.67. The number of hydrogen-bond donors (Lipinski definition) is 0. The van der Waals surface area contributed by atoms with Gasteiger partial charge in [-0.1, -0.05) is 11.6 Å². The third-order valence-corrected chi connectivity index (χ3v) is 4.27. The van der Waals surface area contributed by atoms with Gasteiger partial charge in [0, 0.05) is 13.0 Å². The zero-order valence-electron chi connectivity index (χ0n) is 11.7. The number of furan rings is 1. The van der Waals surface area contributed by atoms with Gasteiger partial charge < -0.3 is 4.42 Å². The number of carbonyl (C=O) groups excluding carboxylic acids is 2. The fourth-order valence-electron chi connectivity index (χ4n) is 1.99. The second kappa shape index (κ2) is 6.55. The van der Waals surface area contributed by atoms with Crippen LogP contribution in [0.1, 0.15) is 17.0 Å². The van der Waals surface area contributed by atoms with E-state index in [0.29, 0.717) is 12.1 Å². The molecular formula is C15H10ClFN2O3S. The molecule has 1 aliphatic heterocycles. The summed E-state index contributed by atoms with van der Waals surface area (Å²) >= 11 is 6.67. The average Bonchev–Trinajstić information content (AvgIpc) is 3.05. The standard InChI is InChI=1S/C15H10ClFN2O3S/c16-10-8-9(3-4-11(10)17)19(14(21)12-2-1-7-22-12)15-18-6-5-13(20)23-15/h1-4,7-8H,5-6H2. The highest BCUT2D eigenvalue weighted by Crippen LogP contribution is 2.29. The molecule has 1 amide bonds. The molecular weight excluding hydrogens is 343 g/mol. The Labute approximate surface area is 140 Å². The smallest absolute Gasteiger partial charge is 0.300 e. The van der Waals surface area contributed by atoms with E-state index in [4.69, 9.17) is 16.0 Å². The van der Waals surface area contributed by atoms with E-state index in [1.54, 1.807) is 6.07 Å². The average molecular weight is 353 g/mol. The highest BCUT2D eigenvalue weighted by atomic mass is 35.5. The number of halogens is 2. The molecule has 1 aliphatic rings. The van der Waals surface area contributed by atoms with Crippen LogP contribution in [0, 0.1) is 5.82 Å². The first kappa shape index (κ1) is 15.8. The Morgan fingerprint density at radius 2 is 2.22 bits per heavy atom. The van der Waals surface area contributed by atoms with E-state index in [-0.39, 0.29) is 27.6 Å². The van der Waals surface area contributed by atoms with Crippen molar-refractivity contribution in [2.24, 2.45) is 4.99 Å². The number of benzene rings is 1. The van der Waals surface area contributed by atoms with Crippen LogP contribution in [-0.4, -0.2) is 22.7 Å². The van der Waals surface area contributed by atoms with Gasteiger partial charge in [-0.15, -0.1) is 0 Å². The van der Waals surface area contributed by atoms with Crippen molar-refractivity contribution in [2.75, 3.05) is 11.4 Å². The predicted molar refractivity (Wildman–Crippen MR) is 86.4 cm³/mol. The van der Waals surface area contributed by atoms with Gasteiger partial charge >= 0.3 is 0 Å². The SMILES string of the molecule is O=C1CCN=C(N(C(=O)c2ccco2)c2ccc(F)c(Cl)c2)S1. The molecule has 0 fully saturated rings. The van der Waals surface area contributed by atoms with E-state index in [1.165, 1.54) is 29.4 Å². The van der Waals surface area contributed by atoms with Crippen molar-refractivity contribution in [1.82, 2.24) is 0 Å². The van der Waals surface area contributed by atoms with E-state index >= 15 is 0 Å². The number of carbonyl (C=O) groups is 2. The lowest BCUT2D eigenvalue weighted by Gasteiger charge is -2.24. The van der Waals surface area contributed by atoms with Crippen molar-refractivity contribution < 1.29 is 18.4 Å². The molecule has 8 heteroatoms. The van der Waals surface area contributed by atoms with Gasteiger partial charge in [-0.25, -0.2) is 4.39 Å². The molecule has 0 unspecified atom stereocenters. The predicted octanol–water partition coefficient (Wildman–Crippen LogP) is 3.74. The third-order valence-electron chi connectivity index (χ3n) is 3.06. The summed E-state index contributed by atoms with van der Waals surface area (Å²) in [5, 5.41) is -0.0155. The van der Waals surface area contributed by atoms with Crippen LogP contribution in [0.3, 0.4) is 0 Å². The molecule has 0 radical (unpaired) electrons. The minimum atomic E-state index is -0.602. The van der Waals surface area contributed by atoms with E-state index < -0.39 is 11.7 Å².